The van der Waals surface area contributed by atoms with Crippen molar-refractivity contribution >= 4 is 22.8 Å². The Labute approximate surface area is 99.8 Å². The third-order valence-corrected chi connectivity index (χ3v) is 3.89. The zero-order valence-corrected chi connectivity index (χ0v) is 10.5. The van der Waals surface area contributed by atoms with E-state index in [4.69, 9.17) is 5.73 Å². The first kappa shape index (κ1) is 11.5. The number of fused-ring (bicyclic) bond motifs is 1. The van der Waals surface area contributed by atoms with Gasteiger partial charge in [-0.2, -0.15) is 0 Å². The van der Waals surface area contributed by atoms with Gasteiger partial charge in [-0.25, -0.2) is 4.98 Å². The Morgan fingerprint density at radius 1 is 1.50 bits per heavy atom. The number of aromatic amines is 1. The Morgan fingerprint density at radius 2 is 2.31 bits per heavy atom. The van der Waals surface area contributed by atoms with Crippen LogP contribution < -0.4 is 5.73 Å². The predicted octanol–water partition coefficient (Wildman–Crippen LogP) is 2.70. The minimum atomic E-state index is 0.446. The lowest BCUT2D eigenvalue weighted by atomic mass is 10.2. The van der Waals surface area contributed by atoms with Crippen molar-refractivity contribution in [1.82, 2.24) is 9.97 Å². The summed E-state index contributed by atoms with van der Waals surface area (Å²) < 4.78 is 0. The molecule has 0 radical (unpaired) electrons. The molecule has 0 saturated carbocycles. The van der Waals surface area contributed by atoms with Crippen LogP contribution in [-0.4, -0.2) is 21.8 Å². The van der Waals surface area contributed by atoms with Crippen LogP contribution in [0.5, 0.6) is 0 Å². The number of hydrogen-bond acceptors (Lipinski definition) is 3. The monoisotopic (exact) mass is 235 g/mol. The Hall–Kier alpha value is -1.00. The second-order valence-electron chi connectivity index (χ2n) is 3.95. The van der Waals surface area contributed by atoms with Gasteiger partial charge in [0.25, 0.3) is 0 Å². The zero-order chi connectivity index (χ0) is 11.5. The second-order valence-corrected chi connectivity index (χ2v) is 5.24. The lowest BCUT2D eigenvalue weighted by Crippen LogP contribution is -2.15. The molecule has 1 atom stereocenters. The molecule has 1 unspecified atom stereocenters. The van der Waals surface area contributed by atoms with Crippen LogP contribution in [0.3, 0.4) is 0 Å². The van der Waals surface area contributed by atoms with Gasteiger partial charge in [0.05, 0.1) is 11.0 Å². The van der Waals surface area contributed by atoms with Gasteiger partial charge in [0, 0.05) is 11.8 Å². The molecule has 0 fully saturated rings. The number of rotatable bonds is 4. The molecule has 3 nitrogen and oxygen atoms in total. The normalized spacial score (nSPS) is 13.2. The number of imidazole rings is 1. The zero-order valence-electron chi connectivity index (χ0n) is 9.66. The third-order valence-electron chi connectivity index (χ3n) is 2.61. The van der Waals surface area contributed by atoms with Crippen molar-refractivity contribution in [3.63, 3.8) is 0 Å². The topological polar surface area (TPSA) is 54.7 Å². The second kappa shape index (κ2) is 4.89. The van der Waals surface area contributed by atoms with Crippen molar-refractivity contribution < 1.29 is 0 Å². The van der Waals surface area contributed by atoms with Gasteiger partial charge in [-0.1, -0.05) is 24.8 Å². The molecule has 1 heterocycles. The molecule has 16 heavy (non-hydrogen) atoms. The third kappa shape index (κ3) is 2.39. The number of nitrogens with one attached hydrogen (secondary N) is 1. The highest BCUT2D eigenvalue weighted by Crippen LogP contribution is 2.24. The number of nitrogens with zero attached hydrogens (tertiary/aromatic N) is 1. The van der Waals surface area contributed by atoms with Crippen molar-refractivity contribution in [2.75, 3.05) is 6.54 Å². The Bertz CT molecular complexity index is 474. The van der Waals surface area contributed by atoms with E-state index in [0.29, 0.717) is 11.8 Å². The van der Waals surface area contributed by atoms with Gasteiger partial charge >= 0.3 is 0 Å². The molecule has 2 rings (SSSR count). The molecular formula is C12H17N3S. The summed E-state index contributed by atoms with van der Waals surface area (Å²) in [6.07, 6.45) is 1.07. The molecule has 0 aliphatic carbocycles. The van der Waals surface area contributed by atoms with Gasteiger partial charge in [-0.3, -0.25) is 0 Å². The summed E-state index contributed by atoms with van der Waals surface area (Å²) in [4.78, 5) is 7.87. The lowest BCUT2D eigenvalue weighted by molar-refractivity contribution is 0.822. The fourth-order valence-corrected chi connectivity index (χ4v) is 2.51. The molecule has 0 aliphatic heterocycles. The van der Waals surface area contributed by atoms with E-state index in [1.807, 2.05) is 0 Å². The van der Waals surface area contributed by atoms with Gasteiger partial charge in [0.1, 0.15) is 0 Å². The quantitative estimate of drug-likeness (QED) is 0.801. The van der Waals surface area contributed by atoms with Crippen LogP contribution in [0.15, 0.2) is 23.4 Å². The summed E-state index contributed by atoms with van der Waals surface area (Å²) >= 11 is 1.73. The predicted molar refractivity (Wildman–Crippen MR) is 69.8 cm³/mol. The number of aryl methyl sites for hydroxylation is 1. The smallest absolute Gasteiger partial charge is 0.166 e. The summed E-state index contributed by atoms with van der Waals surface area (Å²) in [6, 6.07) is 6.25. The summed E-state index contributed by atoms with van der Waals surface area (Å²) in [5.41, 5.74) is 9.07. The average Bonchev–Trinajstić information content (AvgIpc) is 2.67. The number of H-pyrrole nitrogens is 1. The van der Waals surface area contributed by atoms with Gasteiger partial charge in [-0.05, 0) is 31.0 Å². The van der Waals surface area contributed by atoms with Gasteiger partial charge in [-0.15, -0.1) is 0 Å². The summed E-state index contributed by atoms with van der Waals surface area (Å²) in [5.74, 6) is 0. The fourth-order valence-electron chi connectivity index (χ4n) is 1.61. The Balaban J connectivity index is 2.25. The van der Waals surface area contributed by atoms with E-state index in [-0.39, 0.29) is 0 Å². The summed E-state index contributed by atoms with van der Waals surface area (Å²) in [5, 5.41) is 1.42. The maximum atomic E-state index is 5.69. The molecule has 0 amide bonds. The van der Waals surface area contributed by atoms with E-state index < -0.39 is 0 Å². The molecule has 1 aromatic heterocycles. The number of hydrogen-bond donors (Lipinski definition) is 2. The minimum absolute atomic E-state index is 0.446. The van der Waals surface area contributed by atoms with Crippen LogP contribution in [0.4, 0.5) is 0 Å². The molecule has 0 aliphatic rings. The van der Waals surface area contributed by atoms with E-state index >= 15 is 0 Å². The first-order valence-corrected chi connectivity index (χ1v) is 6.44. The average molecular weight is 235 g/mol. The molecule has 1 aromatic carbocycles. The van der Waals surface area contributed by atoms with E-state index in [2.05, 4.69) is 42.0 Å². The van der Waals surface area contributed by atoms with E-state index in [9.17, 15) is 0 Å². The van der Waals surface area contributed by atoms with Crippen LogP contribution in [0.25, 0.3) is 11.0 Å². The van der Waals surface area contributed by atoms with Crippen molar-refractivity contribution in [2.45, 2.75) is 30.7 Å². The van der Waals surface area contributed by atoms with Crippen LogP contribution in [-0.2, 0) is 0 Å². The molecule has 0 saturated heterocycles. The van der Waals surface area contributed by atoms with Crippen molar-refractivity contribution in [3.8, 4) is 0 Å². The molecule has 4 heteroatoms. The van der Waals surface area contributed by atoms with E-state index in [1.165, 1.54) is 5.56 Å². The number of benzene rings is 1. The van der Waals surface area contributed by atoms with Crippen LogP contribution in [0.2, 0.25) is 0 Å². The molecule has 0 bridgehead atoms. The van der Waals surface area contributed by atoms with E-state index in [1.54, 1.807) is 11.8 Å². The van der Waals surface area contributed by atoms with Crippen molar-refractivity contribution in [2.24, 2.45) is 5.73 Å². The SMILES string of the molecule is CCC(CN)Sc1nc2ccc(C)cc2[nH]1. The first-order chi connectivity index (χ1) is 7.72. The van der Waals surface area contributed by atoms with Gasteiger partial charge in [0.2, 0.25) is 0 Å². The maximum Gasteiger partial charge on any atom is 0.166 e. The number of thioether (sulfide) groups is 1. The highest BCUT2D eigenvalue weighted by atomic mass is 32.2. The molecular weight excluding hydrogens is 218 g/mol. The Morgan fingerprint density at radius 3 is 3.00 bits per heavy atom. The molecule has 2 aromatic rings. The molecule has 0 spiro atoms. The van der Waals surface area contributed by atoms with Crippen LogP contribution >= 0.6 is 11.8 Å². The summed E-state index contributed by atoms with van der Waals surface area (Å²) in [7, 11) is 0. The Kier molecular flexibility index (Phi) is 3.51. The van der Waals surface area contributed by atoms with Gasteiger partial charge in [0.15, 0.2) is 5.16 Å². The number of nitrogens with two attached hydrogens (primary N) is 1. The van der Waals surface area contributed by atoms with Crippen LogP contribution in [0.1, 0.15) is 18.9 Å². The first-order valence-electron chi connectivity index (χ1n) is 5.56. The van der Waals surface area contributed by atoms with Crippen LogP contribution in [0, 0.1) is 6.92 Å². The van der Waals surface area contributed by atoms with Gasteiger partial charge < -0.3 is 10.7 Å². The standard InChI is InChI=1S/C12H17N3S/c1-3-9(7-13)16-12-14-10-5-4-8(2)6-11(10)15-12/h4-6,9H,3,7,13H2,1-2H3,(H,14,15). The van der Waals surface area contributed by atoms with Crippen molar-refractivity contribution in [1.29, 1.82) is 0 Å². The minimum Gasteiger partial charge on any atom is -0.333 e. The highest BCUT2D eigenvalue weighted by molar-refractivity contribution is 7.99. The molecule has 3 N–H and O–H groups in total. The van der Waals surface area contributed by atoms with Crippen molar-refractivity contribution in [3.05, 3.63) is 23.8 Å². The largest absolute Gasteiger partial charge is 0.333 e. The lowest BCUT2D eigenvalue weighted by Gasteiger charge is -2.08. The summed E-state index contributed by atoms with van der Waals surface area (Å²) in [6.45, 7) is 4.93. The number of aromatic nitrogens is 2. The van der Waals surface area contributed by atoms with E-state index in [0.717, 1.165) is 22.6 Å². The fraction of sp³-hybridized carbons (Fsp3) is 0.417. The maximum absolute atomic E-state index is 5.69. The highest BCUT2D eigenvalue weighted by Gasteiger charge is 2.09. The molecule has 86 valence electrons.